The molecule has 0 aliphatic heterocycles. The lowest BCUT2D eigenvalue weighted by atomic mass is 9.99. The third-order valence-corrected chi connectivity index (χ3v) is 9.26. The monoisotopic (exact) mass is 782 g/mol. The van der Waals surface area contributed by atoms with Gasteiger partial charge in [-0.2, -0.15) is 0 Å². The molecule has 0 radical (unpaired) electrons. The first kappa shape index (κ1) is 42.0. The van der Waals surface area contributed by atoms with Crippen LogP contribution in [0.15, 0.2) is 140 Å². The molecule has 1 aromatic heterocycles. The molecule has 4 atom stereocenters. The van der Waals surface area contributed by atoms with Gasteiger partial charge in [0.25, 0.3) is 0 Å². The number of aromatic nitrogens is 1. The molecule has 0 saturated heterocycles. The van der Waals surface area contributed by atoms with Gasteiger partial charge in [-0.1, -0.05) is 103 Å². The molecule has 5 aromatic rings. The zero-order valence-corrected chi connectivity index (χ0v) is 32.0. The minimum absolute atomic E-state index is 0.00737. The smallest absolute Gasteiger partial charge is 0.325 e. The lowest BCUT2D eigenvalue weighted by Gasteiger charge is -2.26. The third kappa shape index (κ3) is 13.3. The molecule has 13 nitrogen and oxygen atoms in total. The van der Waals surface area contributed by atoms with Crippen LogP contribution in [0.1, 0.15) is 36.5 Å². The minimum Gasteiger partial charge on any atom is -0.480 e. The second kappa shape index (κ2) is 21.2. The van der Waals surface area contributed by atoms with Crippen LogP contribution in [0.2, 0.25) is 0 Å². The Morgan fingerprint density at radius 2 is 0.931 bits per heavy atom. The summed E-state index contributed by atoms with van der Waals surface area (Å²) in [5.41, 5.74) is 4.61. The molecule has 0 bridgehead atoms. The Balaban J connectivity index is 1.38. The fraction of sp³-hybridized carbons (Fsp3) is 0.222. The van der Waals surface area contributed by atoms with E-state index in [1.165, 1.54) is 6.92 Å². The first-order valence-corrected chi connectivity index (χ1v) is 18.9. The molecule has 298 valence electrons. The van der Waals surface area contributed by atoms with Crippen LogP contribution in [0.5, 0.6) is 0 Å². The number of carbonyl (C=O) groups excluding carboxylic acids is 5. The van der Waals surface area contributed by atoms with Crippen molar-refractivity contribution in [2.75, 3.05) is 5.32 Å². The van der Waals surface area contributed by atoms with Crippen molar-refractivity contribution >= 4 is 41.2 Å². The summed E-state index contributed by atoms with van der Waals surface area (Å²) in [4.78, 5) is 83.4. The van der Waals surface area contributed by atoms with Crippen molar-refractivity contribution in [2.24, 2.45) is 0 Å². The molecule has 0 fully saturated rings. The summed E-state index contributed by atoms with van der Waals surface area (Å²) in [6.45, 7) is 1.32. The normalized spacial score (nSPS) is 12.8. The fourth-order valence-electron chi connectivity index (χ4n) is 6.09. The average molecular weight is 783 g/mol. The number of aliphatic carboxylic acids is 1. The summed E-state index contributed by atoms with van der Waals surface area (Å²) in [5.74, 6) is -4.28. The first-order valence-electron chi connectivity index (χ1n) is 18.9. The van der Waals surface area contributed by atoms with E-state index in [0.29, 0.717) is 22.4 Å². The van der Waals surface area contributed by atoms with E-state index in [1.54, 1.807) is 79.1 Å². The zero-order valence-electron chi connectivity index (χ0n) is 32.0. The summed E-state index contributed by atoms with van der Waals surface area (Å²) >= 11 is 0. The second-order valence-corrected chi connectivity index (χ2v) is 13.7. The van der Waals surface area contributed by atoms with Crippen molar-refractivity contribution in [3.8, 4) is 11.1 Å². The number of pyridine rings is 1. The van der Waals surface area contributed by atoms with E-state index in [-0.39, 0.29) is 38.0 Å². The van der Waals surface area contributed by atoms with E-state index >= 15 is 0 Å². The number of para-hydroxylation sites is 1. The number of hydrogen-bond acceptors (Lipinski definition) is 7. The summed E-state index contributed by atoms with van der Waals surface area (Å²) in [7, 11) is 0. The summed E-state index contributed by atoms with van der Waals surface area (Å²) in [6.07, 6.45) is 2.85. The van der Waals surface area contributed by atoms with Crippen LogP contribution in [0.4, 0.5) is 5.69 Å². The van der Waals surface area contributed by atoms with Gasteiger partial charge >= 0.3 is 5.97 Å². The van der Waals surface area contributed by atoms with E-state index in [4.69, 9.17) is 0 Å². The molecule has 4 aromatic carbocycles. The van der Waals surface area contributed by atoms with Crippen LogP contribution in [0, 0.1) is 0 Å². The van der Waals surface area contributed by atoms with Crippen LogP contribution in [-0.4, -0.2) is 69.8 Å². The Bertz CT molecular complexity index is 2140. The molecule has 0 saturated carbocycles. The van der Waals surface area contributed by atoms with Gasteiger partial charge in [0, 0.05) is 50.2 Å². The van der Waals surface area contributed by atoms with Crippen LogP contribution in [-0.2, 0) is 48.0 Å². The van der Waals surface area contributed by atoms with E-state index in [1.807, 2.05) is 60.7 Å². The van der Waals surface area contributed by atoms with Gasteiger partial charge in [-0.05, 0) is 59.0 Å². The number of rotatable bonds is 19. The minimum atomic E-state index is -1.25. The van der Waals surface area contributed by atoms with Crippen LogP contribution in [0.25, 0.3) is 11.1 Å². The van der Waals surface area contributed by atoms with Crippen LogP contribution >= 0.6 is 0 Å². The maximum atomic E-state index is 14.3. The number of carboxylic acids is 1. The molecular weight excluding hydrogens is 737 g/mol. The Morgan fingerprint density at radius 1 is 0.500 bits per heavy atom. The lowest BCUT2D eigenvalue weighted by molar-refractivity contribution is -0.141. The fourth-order valence-corrected chi connectivity index (χ4v) is 6.09. The van der Waals surface area contributed by atoms with E-state index in [9.17, 15) is 33.9 Å². The Labute approximate surface area is 336 Å². The summed E-state index contributed by atoms with van der Waals surface area (Å²) in [5, 5.41) is 22.9. The molecule has 0 aliphatic carbocycles. The van der Waals surface area contributed by atoms with Gasteiger partial charge in [-0.15, -0.1) is 0 Å². The Morgan fingerprint density at radius 3 is 1.48 bits per heavy atom. The number of nitrogens with zero attached hydrogens (tertiary/aromatic N) is 1. The first-order chi connectivity index (χ1) is 28.0. The molecule has 1 heterocycles. The number of carbonyl (C=O) groups is 6. The Kier molecular flexibility index (Phi) is 15.4. The van der Waals surface area contributed by atoms with E-state index < -0.39 is 53.8 Å². The van der Waals surface area contributed by atoms with Crippen molar-refractivity contribution in [2.45, 2.75) is 63.2 Å². The maximum absolute atomic E-state index is 14.3. The highest BCUT2D eigenvalue weighted by Gasteiger charge is 2.31. The standard InChI is InChI=1S/C45H46N6O7/c1-30(45(57)58)47-42(54)38(27-31-11-5-2-6-12-31)50-44(56)39(28-32-17-19-35(20-18-32)34-13-7-3-8-14-34)51-43(55)37(29-33-23-25-46-26-24-33)49-41(53)22-21-40(52)48-36-15-9-4-10-16-36/h2-20,23-26,30,37-39H,21-22,27-29H2,1H3,(H,47,54)(H,48,52)(H,49,53)(H,50,56)(H,51,55)(H,57,58)/t30-,37+,38+,39-/m0/s1. The highest BCUT2D eigenvalue weighted by molar-refractivity contribution is 5.96. The van der Waals surface area contributed by atoms with Gasteiger partial charge in [0.05, 0.1) is 0 Å². The van der Waals surface area contributed by atoms with Crippen molar-refractivity contribution in [1.82, 2.24) is 26.3 Å². The molecule has 6 N–H and O–H groups in total. The van der Waals surface area contributed by atoms with Gasteiger partial charge < -0.3 is 31.7 Å². The number of amides is 5. The van der Waals surface area contributed by atoms with Gasteiger partial charge in [-0.3, -0.25) is 33.8 Å². The topological polar surface area (TPSA) is 196 Å². The third-order valence-electron chi connectivity index (χ3n) is 9.26. The number of anilines is 1. The number of benzene rings is 4. The number of nitrogens with one attached hydrogen (secondary N) is 5. The molecule has 13 heteroatoms. The average Bonchev–Trinajstić information content (AvgIpc) is 3.23. The van der Waals surface area contributed by atoms with Crippen LogP contribution in [0.3, 0.4) is 0 Å². The van der Waals surface area contributed by atoms with E-state index in [2.05, 4.69) is 31.6 Å². The van der Waals surface area contributed by atoms with Gasteiger partial charge in [0.15, 0.2) is 0 Å². The SMILES string of the molecule is C[C@H](NC(=O)[C@@H](Cc1ccccc1)NC(=O)[C@H](Cc1ccc(-c2ccccc2)cc1)NC(=O)[C@@H](Cc1ccncc1)NC(=O)CCC(=O)Nc1ccccc1)C(=O)O. The Hall–Kier alpha value is -7.15. The molecule has 5 rings (SSSR count). The molecule has 0 spiro atoms. The highest BCUT2D eigenvalue weighted by atomic mass is 16.4. The van der Waals surface area contributed by atoms with Crippen molar-refractivity contribution in [3.05, 3.63) is 156 Å². The van der Waals surface area contributed by atoms with Crippen molar-refractivity contribution in [1.29, 1.82) is 0 Å². The summed E-state index contributed by atoms with van der Waals surface area (Å²) < 4.78 is 0. The van der Waals surface area contributed by atoms with Gasteiger partial charge in [0.1, 0.15) is 24.2 Å². The maximum Gasteiger partial charge on any atom is 0.325 e. The summed E-state index contributed by atoms with van der Waals surface area (Å²) in [6, 6.07) is 33.5. The predicted octanol–water partition coefficient (Wildman–Crippen LogP) is 4.24. The van der Waals surface area contributed by atoms with Gasteiger partial charge in [0.2, 0.25) is 29.5 Å². The molecule has 58 heavy (non-hydrogen) atoms. The van der Waals surface area contributed by atoms with Crippen molar-refractivity contribution < 1.29 is 33.9 Å². The molecule has 5 amide bonds. The molecule has 0 aliphatic rings. The second-order valence-electron chi connectivity index (χ2n) is 13.7. The predicted molar refractivity (Wildman–Crippen MR) is 219 cm³/mol. The van der Waals surface area contributed by atoms with Crippen LogP contribution < -0.4 is 26.6 Å². The number of hydrogen-bond donors (Lipinski definition) is 6. The molecule has 0 unspecified atom stereocenters. The molecular formula is C45H46N6O7. The van der Waals surface area contributed by atoms with E-state index in [0.717, 1.165) is 11.1 Å². The lowest BCUT2D eigenvalue weighted by Crippen LogP contribution is -2.58. The van der Waals surface area contributed by atoms with Crippen molar-refractivity contribution in [3.63, 3.8) is 0 Å². The zero-order chi connectivity index (χ0) is 41.3. The highest BCUT2D eigenvalue weighted by Crippen LogP contribution is 2.20. The van der Waals surface area contributed by atoms with Gasteiger partial charge in [-0.25, -0.2) is 0 Å². The number of carboxylic acid groups (broad SMARTS) is 1. The largest absolute Gasteiger partial charge is 0.480 e. The quantitative estimate of drug-likeness (QED) is 0.0716.